The van der Waals surface area contributed by atoms with Crippen LogP contribution in [0.1, 0.15) is 24.4 Å². The van der Waals surface area contributed by atoms with Crippen molar-refractivity contribution in [3.05, 3.63) is 48.3 Å². The molecule has 0 N–H and O–H groups in total. The molecule has 0 radical (unpaired) electrons. The summed E-state index contributed by atoms with van der Waals surface area (Å²) in [6.45, 7) is 2.40. The van der Waals surface area contributed by atoms with Gasteiger partial charge in [0.25, 0.3) is 0 Å². The quantitative estimate of drug-likeness (QED) is 0.742. The van der Waals surface area contributed by atoms with Gasteiger partial charge in [0.15, 0.2) is 5.65 Å². The second-order valence-corrected chi connectivity index (χ2v) is 5.80. The molecule has 0 saturated carbocycles. The Kier molecular flexibility index (Phi) is 3.64. The van der Waals surface area contributed by atoms with Crippen LogP contribution in [0, 0.1) is 5.92 Å². The number of aromatic nitrogens is 3. The fraction of sp³-hybridized carbons (Fsp3) is 0.412. The van der Waals surface area contributed by atoms with Gasteiger partial charge in [0.2, 0.25) is 0 Å². The minimum absolute atomic E-state index is 0.640. The van der Waals surface area contributed by atoms with Crippen LogP contribution in [0.4, 0.5) is 0 Å². The predicted molar refractivity (Wildman–Crippen MR) is 82.6 cm³/mol. The number of hydrogen-bond donors (Lipinski definition) is 0. The molecule has 1 aliphatic rings. The average molecular weight is 297 g/mol. The summed E-state index contributed by atoms with van der Waals surface area (Å²) in [5, 5.41) is 0. The monoisotopic (exact) mass is 297 g/mol. The van der Waals surface area contributed by atoms with Crippen LogP contribution in [-0.2, 0) is 17.7 Å². The lowest BCUT2D eigenvalue weighted by Crippen LogP contribution is -2.19. The summed E-state index contributed by atoms with van der Waals surface area (Å²) in [5.74, 6) is 2.66. The molecule has 1 aliphatic heterocycles. The Balaban J connectivity index is 1.69. The van der Waals surface area contributed by atoms with E-state index in [1.807, 2.05) is 30.5 Å². The molecule has 5 heteroatoms. The number of furan rings is 1. The van der Waals surface area contributed by atoms with Gasteiger partial charge in [-0.2, -0.15) is 0 Å². The highest BCUT2D eigenvalue weighted by molar-refractivity contribution is 5.71. The third kappa shape index (κ3) is 2.64. The first-order valence-electron chi connectivity index (χ1n) is 7.80. The van der Waals surface area contributed by atoms with Gasteiger partial charge in [-0.25, -0.2) is 9.97 Å². The second-order valence-electron chi connectivity index (χ2n) is 5.80. The molecule has 114 valence electrons. The van der Waals surface area contributed by atoms with Crippen LogP contribution < -0.4 is 0 Å². The summed E-state index contributed by atoms with van der Waals surface area (Å²) in [6, 6.07) is 7.87. The molecule has 0 spiro atoms. The Morgan fingerprint density at radius 1 is 1.18 bits per heavy atom. The first kappa shape index (κ1) is 13.5. The zero-order chi connectivity index (χ0) is 14.8. The van der Waals surface area contributed by atoms with Crippen molar-refractivity contribution in [1.82, 2.24) is 14.5 Å². The highest BCUT2D eigenvalue weighted by Gasteiger charge is 2.19. The van der Waals surface area contributed by atoms with E-state index < -0.39 is 0 Å². The number of fused-ring (bicyclic) bond motifs is 1. The lowest BCUT2D eigenvalue weighted by molar-refractivity contribution is 0.0658. The van der Waals surface area contributed by atoms with Crippen LogP contribution in [0.3, 0.4) is 0 Å². The Morgan fingerprint density at radius 3 is 2.91 bits per heavy atom. The normalized spacial score (nSPS) is 16.4. The van der Waals surface area contributed by atoms with E-state index in [9.17, 15) is 0 Å². The minimum atomic E-state index is 0.640. The summed E-state index contributed by atoms with van der Waals surface area (Å²) in [5.41, 5.74) is 1.89. The molecule has 0 amide bonds. The molecule has 0 bridgehead atoms. The maximum atomic E-state index is 5.50. The maximum absolute atomic E-state index is 5.50. The van der Waals surface area contributed by atoms with Gasteiger partial charge in [0.1, 0.15) is 17.1 Å². The van der Waals surface area contributed by atoms with Gasteiger partial charge in [0.05, 0.1) is 12.8 Å². The van der Waals surface area contributed by atoms with Crippen LogP contribution in [0.15, 0.2) is 41.1 Å². The Morgan fingerprint density at radius 2 is 2.09 bits per heavy atom. The fourth-order valence-electron chi connectivity index (χ4n) is 3.09. The molecule has 1 fully saturated rings. The van der Waals surface area contributed by atoms with Gasteiger partial charge in [-0.15, -0.1) is 0 Å². The standard InChI is InChI=1S/C17H19N3O2/c1-4-15-17(18-7-1)20(12-14-3-2-8-22-14)16(19-15)11-13-5-9-21-10-6-13/h1-4,7-8,13H,5-6,9-12H2. The molecule has 1 saturated heterocycles. The van der Waals surface area contributed by atoms with Crippen molar-refractivity contribution in [2.45, 2.75) is 25.8 Å². The molecule has 3 aromatic rings. The molecule has 0 aliphatic carbocycles. The summed E-state index contributed by atoms with van der Waals surface area (Å²) in [6.07, 6.45) is 6.72. The number of nitrogens with zero attached hydrogens (tertiary/aromatic N) is 3. The summed E-state index contributed by atoms with van der Waals surface area (Å²) < 4.78 is 13.1. The molecule has 0 unspecified atom stereocenters. The van der Waals surface area contributed by atoms with Crippen molar-refractivity contribution in [3.8, 4) is 0 Å². The SMILES string of the molecule is c1coc(Cn2c(CC3CCOCC3)nc3cccnc32)c1. The lowest BCUT2D eigenvalue weighted by atomic mass is 9.96. The third-order valence-electron chi connectivity index (χ3n) is 4.29. The molecule has 4 rings (SSSR count). The maximum Gasteiger partial charge on any atom is 0.160 e. The summed E-state index contributed by atoms with van der Waals surface area (Å²) in [7, 11) is 0. The van der Waals surface area contributed by atoms with Gasteiger partial charge in [-0.1, -0.05) is 0 Å². The minimum Gasteiger partial charge on any atom is -0.467 e. The first-order chi connectivity index (χ1) is 10.9. The number of rotatable bonds is 4. The van der Waals surface area contributed by atoms with E-state index in [0.29, 0.717) is 12.5 Å². The van der Waals surface area contributed by atoms with E-state index in [1.165, 1.54) is 0 Å². The van der Waals surface area contributed by atoms with Crippen LogP contribution in [-0.4, -0.2) is 27.7 Å². The zero-order valence-electron chi connectivity index (χ0n) is 12.4. The van der Waals surface area contributed by atoms with E-state index in [-0.39, 0.29) is 0 Å². The third-order valence-corrected chi connectivity index (χ3v) is 4.29. The molecule has 22 heavy (non-hydrogen) atoms. The van der Waals surface area contributed by atoms with Crippen molar-refractivity contribution >= 4 is 11.2 Å². The van der Waals surface area contributed by atoms with Gasteiger partial charge >= 0.3 is 0 Å². The lowest BCUT2D eigenvalue weighted by Gasteiger charge is -2.21. The molecule has 3 aromatic heterocycles. The van der Waals surface area contributed by atoms with Gasteiger partial charge in [0, 0.05) is 25.8 Å². The number of hydrogen-bond acceptors (Lipinski definition) is 4. The van der Waals surface area contributed by atoms with E-state index in [0.717, 1.165) is 55.2 Å². The van der Waals surface area contributed by atoms with Gasteiger partial charge < -0.3 is 13.7 Å². The van der Waals surface area contributed by atoms with Crippen molar-refractivity contribution in [3.63, 3.8) is 0 Å². The summed E-state index contributed by atoms with van der Waals surface area (Å²) >= 11 is 0. The number of imidazole rings is 1. The largest absolute Gasteiger partial charge is 0.467 e. The Labute approximate surface area is 128 Å². The van der Waals surface area contributed by atoms with Crippen molar-refractivity contribution < 1.29 is 9.15 Å². The summed E-state index contributed by atoms with van der Waals surface area (Å²) in [4.78, 5) is 9.31. The van der Waals surface area contributed by atoms with Crippen molar-refractivity contribution in [2.24, 2.45) is 5.92 Å². The van der Waals surface area contributed by atoms with Crippen LogP contribution in [0.5, 0.6) is 0 Å². The second kappa shape index (κ2) is 5.93. The molecular formula is C17H19N3O2. The van der Waals surface area contributed by atoms with Gasteiger partial charge in [-0.3, -0.25) is 0 Å². The van der Waals surface area contributed by atoms with Crippen LogP contribution in [0.25, 0.3) is 11.2 Å². The Hall–Kier alpha value is -2.14. The molecule has 0 aromatic carbocycles. The topological polar surface area (TPSA) is 53.1 Å². The fourth-order valence-corrected chi connectivity index (χ4v) is 3.09. The number of ether oxygens (including phenoxy) is 1. The van der Waals surface area contributed by atoms with E-state index in [4.69, 9.17) is 14.1 Å². The van der Waals surface area contributed by atoms with Crippen LogP contribution >= 0.6 is 0 Å². The highest BCUT2D eigenvalue weighted by atomic mass is 16.5. The average Bonchev–Trinajstić information content (AvgIpc) is 3.18. The number of pyridine rings is 1. The van der Waals surface area contributed by atoms with E-state index in [1.54, 1.807) is 6.26 Å². The first-order valence-corrected chi connectivity index (χ1v) is 7.80. The molecule has 0 atom stereocenters. The Bertz CT molecular complexity index is 742. The zero-order valence-corrected chi connectivity index (χ0v) is 12.4. The predicted octanol–water partition coefficient (Wildman–Crippen LogP) is 3.04. The molecular weight excluding hydrogens is 278 g/mol. The molecule has 5 nitrogen and oxygen atoms in total. The molecule has 4 heterocycles. The van der Waals surface area contributed by atoms with Crippen molar-refractivity contribution in [2.75, 3.05) is 13.2 Å². The van der Waals surface area contributed by atoms with Gasteiger partial charge in [-0.05, 0) is 43.0 Å². The van der Waals surface area contributed by atoms with Crippen LogP contribution in [0.2, 0.25) is 0 Å². The van der Waals surface area contributed by atoms with E-state index in [2.05, 4.69) is 9.55 Å². The smallest absolute Gasteiger partial charge is 0.160 e. The highest BCUT2D eigenvalue weighted by Crippen LogP contribution is 2.23. The van der Waals surface area contributed by atoms with Crippen molar-refractivity contribution in [1.29, 1.82) is 0 Å². The van der Waals surface area contributed by atoms with E-state index >= 15 is 0 Å².